The maximum Gasteiger partial charge on any atom is 0.326 e. The summed E-state index contributed by atoms with van der Waals surface area (Å²) >= 11 is 0. The van der Waals surface area contributed by atoms with Crippen LogP contribution in [0.3, 0.4) is 0 Å². The molecule has 2 unspecified atom stereocenters. The molecule has 1 saturated carbocycles. The lowest BCUT2D eigenvalue weighted by atomic mass is 9.81. The molecule has 2 aliphatic rings. The van der Waals surface area contributed by atoms with Crippen molar-refractivity contribution in [3.8, 4) is 11.1 Å². The van der Waals surface area contributed by atoms with Gasteiger partial charge < -0.3 is 4.74 Å². The highest BCUT2D eigenvalue weighted by Crippen LogP contribution is 2.37. The molecule has 2 amide bonds. The summed E-state index contributed by atoms with van der Waals surface area (Å²) in [6.45, 7) is -0.163. The number of rotatable bonds is 5. The molecule has 0 radical (unpaired) electrons. The minimum absolute atomic E-state index is 0.122. The topological polar surface area (TPSA) is 63.7 Å². The van der Waals surface area contributed by atoms with Crippen molar-refractivity contribution in [2.75, 3.05) is 6.54 Å². The number of amides is 2. The van der Waals surface area contributed by atoms with Crippen LogP contribution in [0.4, 0.5) is 0 Å². The van der Waals surface area contributed by atoms with Crippen LogP contribution in [0.1, 0.15) is 31.2 Å². The van der Waals surface area contributed by atoms with Crippen LogP contribution >= 0.6 is 0 Å². The van der Waals surface area contributed by atoms with E-state index in [1.165, 1.54) is 0 Å². The van der Waals surface area contributed by atoms with E-state index in [2.05, 4.69) is 0 Å². The number of hydrogen-bond acceptors (Lipinski definition) is 4. The van der Waals surface area contributed by atoms with Crippen LogP contribution in [0, 0.1) is 11.8 Å². The largest absolute Gasteiger partial charge is 0.459 e. The highest BCUT2D eigenvalue weighted by atomic mass is 16.5. The molecule has 1 aliphatic carbocycles. The van der Waals surface area contributed by atoms with Gasteiger partial charge in [-0.05, 0) is 29.5 Å². The van der Waals surface area contributed by atoms with Crippen LogP contribution < -0.4 is 0 Å². The molecule has 28 heavy (non-hydrogen) atoms. The van der Waals surface area contributed by atoms with Gasteiger partial charge in [-0.3, -0.25) is 19.3 Å². The van der Waals surface area contributed by atoms with Gasteiger partial charge in [0, 0.05) is 0 Å². The van der Waals surface area contributed by atoms with Gasteiger partial charge in [0.25, 0.3) is 0 Å². The fourth-order valence-corrected chi connectivity index (χ4v) is 4.15. The summed E-state index contributed by atoms with van der Waals surface area (Å²) in [5.41, 5.74) is 3.07. The molecular weight excluding hydrogens is 354 g/mol. The third-order valence-corrected chi connectivity index (χ3v) is 5.68. The van der Waals surface area contributed by atoms with Crippen LogP contribution in [0.5, 0.6) is 0 Å². The van der Waals surface area contributed by atoms with Crippen LogP contribution in [0.25, 0.3) is 11.1 Å². The number of hydrogen-bond donors (Lipinski definition) is 0. The molecule has 0 spiro atoms. The number of carbonyl (C=O) groups excluding carboxylic acids is 3. The van der Waals surface area contributed by atoms with Gasteiger partial charge in [-0.15, -0.1) is 0 Å². The van der Waals surface area contributed by atoms with Crippen molar-refractivity contribution in [2.45, 2.75) is 32.3 Å². The first-order valence-electron chi connectivity index (χ1n) is 9.78. The van der Waals surface area contributed by atoms with Gasteiger partial charge in [-0.2, -0.15) is 0 Å². The lowest BCUT2D eigenvalue weighted by Gasteiger charge is -2.19. The van der Waals surface area contributed by atoms with Crippen molar-refractivity contribution in [2.24, 2.45) is 11.8 Å². The van der Waals surface area contributed by atoms with Gasteiger partial charge >= 0.3 is 5.97 Å². The van der Waals surface area contributed by atoms with E-state index >= 15 is 0 Å². The molecular formula is C23H23NO4. The van der Waals surface area contributed by atoms with E-state index in [-0.39, 0.29) is 36.8 Å². The molecule has 5 heteroatoms. The van der Waals surface area contributed by atoms with E-state index in [9.17, 15) is 14.4 Å². The number of carbonyl (C=O) groups is 3. The molecule has 4 rings (SSSR count). The lowest BCUT2D eigenvalue weighted by molar-refractivity contribution is -0.153. The van der Waals surface area contributed by atoms with E-state index in [0.29, 0.717) is 0 Å². The van der Waals surface area contributed by atoms with Crippen molar-refractivity contribution in [1.29, 1.82) is 0 Å². The molecule has 144 valence electrons. The number of fused-ring (bicyclic) bond motifs is 1. The number of ether oxygens (including phenoxy) is 1. The molecule has 2 atom stereocenters. The van der Waals surface area contributed by atoms with E-state index < -0.39 is 5.97 Å². The Morgan fingerprint density at radius 1 is 0.857 bits per heavy atom. The van der Waals surface area contributed by atoms with Gasteiger partial charge in [-0.25, -0.2) is 0 Å². The van der Waals surface area contributed by atoms with Crippen molar-refractivity contribution in [1.82, 2.24) is 4.90 Å². The minimum atomic E-state index is -0.549. The molecule has 2 fully saturated rings. The van der Waals surface area contributed by atoms with Gasteiger partial charge in [-0.1, -0.05) is 67.4 Å². The second-order valence-corrected chi connectivity index (χ2v) is 7.48. The Bertz CT molecular complexity index is 851. The molecule has 1 heterocycles. The Kier molecular flexibility index (Phi) is 5.24. The van der Waals surface area contributed by atoms with Crippen molar-refractivity contribution < 1.29 is 19.1 Å². The normalized spacial score (nSPS) is 21.5. The Morgan fingerprint density at radius 2 is 1.43 bits per heavy atom. The van der Waals surface area contributed by atoms with E-state index in [0.717, 1.165) is 47.3 Å². The van der Waals surface area contributed by atoms with Gasteiger partial charge in [0.2, 0.25) is 11.8 Å². The van der Waals surface area contributed by atoms with Crippen molar-refractivity contribution >= 4 is 17.8 Å². The number of nitrogens with zero attached hydrogens (tertiary/aromatic N) is 1. The highest BCUT2D eigenvalue weighted by Gasteiger charge is 2.48. The van der Waals surface area contributed by atoms with Crippen LogP contribution in [0.15, 0.2) is 54.6 Å². The number of esters is 1. The van der Waals surface area contributed by atoms with E-state index in [4.69, 9.17) is 4.74 Å². The summed E-state index contributed by atoms with van der Waals surface area (Å²) in [6.07, 6.45) is 3.43. The second-order valence-electron chi connectivity index (χ2n) is 7.48. The average molecular weight is 377 g/mol. The van der Waals surface area contributed by atoms with Gasteiger partial charge in [0.05, 0.1) is 11.8 Å². The third kappa shape index (κ3) is 3.70. The number of benzene rings is 2. The van der Waals surface area contributed by atoms with Gasteiger partial charge in [0.1, 0.15) is 13.2 Å². The SMILES string of the molecule is O=C(CN1C(=O)C2CCCCC2C1=O)OCc1ccc(-c2ccccc2)cc1. The molecule has 0 N–H and O–H groups in total. The molecule has 5 nitrogen and oxygen atoms in total. The second kappa shape index (κ2) is 7.97. The molecule has 0 bridgehead atoms. The first kappa shape index (κ1) is 18.4. The number of likely N-dealkylation sites (tertiary alicyclic amines) is 1. The zero-order chi connectivity index (χ0) is 19.5. The summed E-state index contributed by atoms with van der Waals surface area (Å²) < 4.78 is 5.30. The van der Waals surface area contributed by atoms with Crippen LogP contribution in [-0.2, 0) is 25.7 Å². The highest BCUT2D eigenvalue weighted by molar-refractivity contribution is 6.07. The maximum atomic E-state index is 12.4. The Morgan fingerprint density at radius 3 is 2.04 bits per heavy atom. The summed E-state index contributed by atoms with van der Waals surface area (Å²) in [6, 6.07) is 17.8. The molecule has 1 aliphatic heterocycles. The zero-order valence-corrected chi connectivity index (χ0v) is 15.7. The fraction of sp³-hybridized carbons (Fsp3) is 0.348. The first-order valence-corrected chi connectivity index (χ1v) is 9.78. The molecule has 1 saturated heterocycles. The van der Waals surface area contributed by atoms with Gasteiger partial charge in [0.15, 0.2) is 0 Å². The van der Waals surface area contributed by atoms with Crippen LogP contribution in [-0.4, -0.2) is 29.2 Å². The predicted molar refractivity (Wildman–Crippen MR) is 104 cm³/mol. The standard InChI is InChI=1S/C23H23NO4/c25-21(14-24-22(26)19-8-4-5-9-20(19)23(24)27)28-15-16-10-12-18(13-11-16)17-6-2-1-3-7-17/h1-3,6-7,10-13,19-20H,4-5,8-9,14-15H2. The number of imide groups is 1. The first-order chi connectivity index (χ1) is 13.6. The van der Waals surface area contributed by atoms with Crippen molar-refractivity contribution in [3.63, 3.8) is 0 Å². The molecule has 2 aromatic carbocycles. The van der Waals surface area contributed by atoms with Crippen molar-refractivity contribution in [3.05, 3.63) is 60.2 Å². The van der Waals surface area contributed by atoms with E-state index in [1.54, 1.807) is 0 Å². The smallest absolute Gasteiger partial charge is 0.326 e. The lowest BCUT2D eigenvalue weighted by Crippen LogP contribution is -2.36. The Balaban J connectivity index is 1.32. The summed E-state index contributed by atoms with van der Waals surface area (Å²) in [5, 5.41) is 0. The van der Waals surface area contributed by atoms with Crippen LogP contribution in [0.2, 0.25) is 0 Å². The Hall–Kier alpha value is -2.95. The minimum Gasteiger partial charge on any atom is -0.459 e. The predicted octanol–water partition coefficient (Wildman–Crippen LogP) is 3.57. The van der Waals surface area contributed by atoms with E-state index in [1.807, 2.05) is 54.6 Å². The molecule has 0 aromatic heterocycles. The summed E-state index contributed by atoms with van der Waals surface area (Å²) in [5.74, 6) is -1.44. The third-order valence-electron chi connectivity index (χ3n) is 5.68. The monoisotopic (exact) mass is 377 g/mol. The Labute approximate surface area is 164 Å². The average Bonchev–Trinajstić information content (AvgIpc) is 2.98. The summed E-state index contributed by atoms with van der Waals surface area (Å²) in [4.78, 5) is 38.1. The fourth-order valence-electron chi connectivity index (χ4n) is 4.15. The molecule has 2 aromatic rings. The zero-order valence-electron chi connectivity index (χ0n) is 15.7. The summed E-state index contributed by atoms with van der Waals surface area (Å²) in [7, 11) is 0. The maximum absolute atomic E-state index is 12.4. The quantitative estimate of drug-likeness (QED) is 0.590.